The molecule has 0 amide bonds. The second-order valence-electron chi connectivity index (χ2n) is 1.96. The van der Waals surface area contributed by atoms with E-state index in [0.29, 0.717) is 0 Å². The van der Waals surface area contributed by atoms with E-state index >= 15 is 0 Å². The number of rotatable bonds is 5. The summed E-state index contributed by atoms with van der Waals surface area (Å²) < 4.78 is 0. The maximum atomic E-state index is 3.83. The van der Waals surface area contributed by atoms with Gasteiger partial charge in [-0.2, -0.15) is 0 Å². The van der Waals surface area contributed by atoms with Crippen LogP contribution in [0.25, 0.3) is 0 Å². The van der Waals surface area contributed by atoms with Crippen LogP contribution >= 0.6 is 11.8 Å². The van der Waals surface area contributed by atoms with Gasteiger partial charge in [0.25, 0.3) is 0 Å². The molecule has 0 saturated carbocycles. The Kier molecular flexibility index (Phi) is 8.55. The molecule has 0 rings (SSSR count). The van der Waals surface area contributed by atoms with E-state index in [1.54, 1.807) is 13.3 Å². The van der Waals surface area contributed by atoms with Crippen molar-refractivity contribution in [2.45, 2.75) is 19.8 Å². The summed E-state index contributed by atoms with van der Waals surface area (Å²) in [6.07, 6.45) is 6.36. The fourth-order valence-corrected chi connectivity index (χ4v) is 1.25. The quantitative estimate of drug-likeness (QED) is 0.441. The zero-order valence-electron chi connectivity index (χ0n) is 6.71. The summed E-state index contributed by atoms with van der Waals surface area (Å²) in [4.78, 5) is 3.83. The fraction of sp³-hybridized carbons (Fsp3) is 0.625. The van der Waals surface area contributed by atoms with Crippen LogP contribution in [0.2, 0.25) is 0 Å². The van der Waals surface area contributed by atoms with Crippen LogP contribution < -0.4 is 0 Å². The van der Waals surface area contributed by atoms with Crippen LogP contribution in [-0.2, 0) is 0 Å². The molecule has 0 fully saturated rings. The van der Waals surface area contributed by atoms with E-state index < -0.39 is 0 Å². The third-order valence-electron chi connectivity index (χ3n) is 1.03. The molecule has 0 N–H and O–H groups in total. The molecule has 0 bridgehead atoms. The van der Waals surface area contributed by atoms with Crippen molar-refractivity contribution < 1.29 is 0 Å². The Morgan fingerprint density at radius 2 is 2.30 bits per heavy atom. The van der Waals surface area contributed by atoms with Crippen molar-refractivity contribution in [3.8, 4) is 0 Å². The van der Waals surface area contributed by atoms with Gasteiger partial charge in [0.15, 0.2) is 0 Å². The highest BCUT2D eigenvalue weighted by atomic mass is 32.2. The summed E-state index contributed by atoms with van der Waals surface area (Å²) in [6, 6.07) is 0. The largest absolute Gasteiger partial charge is 0.296 e. The van der Waals surface area contributed by atoms with E-state index in [-0.39, 0.29) is 0 Å². The standard InChI is InChI=1S/C8H15NS/c1-3-4-7-10-8-5-6-9-2/h5-6,8H,3-4,7H2,1-2H3/b8-5+,9-6?. The molecule has 0 spiro atoms. The lowest BCUT2D eigenvalue weighted by atomic mass is 10.4. The minimum Gasteiger partial charge on any atom is -0.296 e. The van der Waals surface area contributed by atoms with Crippen molar-refractivity contribution in [3.63, 3.8) is 0 Å². The van der Waals surface area contributed by atoms with Gasteiger partial charge >= 0.3 is 0 Å². The van der Waals surface area contributed by atoms with Gasteiger partial charge in [-0.25, -0.2) is 0 Å². The van der Waals surface area contributed by atoms with E-state index in [1.165, 1.54) is 18.6 Å². The lowest BCUT2D eigenvalue weighted by Gasteiger charge is -1.89. The lowest BCUT2D eigenvalue weighted by molar-refractivity contribution is 0.898. The van der Waals surface area contributed by atoms with E-state index in [4.69, 9.17) is 0 Å². The second kappa shape index (κ2) is 8.76. The minimum absolute atomic E-state index is 1.23. The van der Waals surface area contributed by atoms with Gasteiger partial charge in [-0.1, -0.05) is 13.3 Å². The lowest BCUT2D eigenvalue weighted by Crippen LogP contribution is -1.72. The topological polar surface area (TPSA) is 12.4 Å². The van der Waals surface area contributed by atoms with Gasteiger partial charge in [-0.3, -0.25) is 4.99 Å². The van der Waals surface area contributed by atoms with Crippen LogP contribution in [0.15, 0.2) is 16.5 Å². The van der Waals surface area contributed by atoms with E-state index in [0.717, 1.165) is 0 Å². The molecular formula is C8H15NS. The first-order valence-corrected chi connectivity index (χ1v) is 4.65. The number of hydrogen-bond acceptors (Lipinski definition) is 2. The molecule has 2 heteroatoms. The molecule has 0 aliphatic carbocycles. The average Bonchev–Trinajstić information content (AvgIpc) is 1.97. The molecule has 0 radical (unpaired) electrons. The number of thioether (sulfide) groups is 1. The van der Waals surface area contributed by atoms with Crippen LogP contribution in [0.4, 0.5) is 0 Å². The predicted molar refractivity (Wildman–Crippen MR) is 50.9 cm³/mol. The van der Waals surface area contributed by atoms with Gasteiger partial charge in [0.05, 0.1) is 0 Å². The summed E-state index contributed by atoms with van der Waals surface area (Å²) in [5.41, 5.74) is 0. The monoisotopic (exact) mass is 157 g/mol. The summed E-state index contributed by atoms with van der Waals surface area (Å²) >= 11 is 1.85. The van der Waals surface area contributed by atoms with Gasteiger partial charge in [-0.05, 0) is 23.7 Å². The normalized spacial score (nSPS) is 11.8. The van der Waals surface area contributed by atoms with E-state index in [2.05, 4.69) is 17.3 Å². The first kappa shape index (κ1) is 9.76. The molecule has 0 aromatic carbocycles. The van der Waals surface area contributed by atoms with Gasteiger partial charge in [0.2, 0.25) is 0 Å². The van der Waals surface area contributed by atoms with Crippen LogP contribution in [0, 0.1) is 0 Å². The maximum Gasteiger partial charge on any atom is 0.0277 e. The number of hydrogen-bond donors (Lipinski definition) is 0. The summed E-state index contributed by atoms with van der Waals surface area (Å²) in [5, 5.41) is 2.09. The molecule has 0 unspecified atom stereocenters. The highest BCUT2D eigenvalue weighted by Gasteiger charge is 1.79. The summed E-state index contributed by atoms with van der Waals surface area (Å²) in [6.45, 7) is 2.21. The second-order valence-corrected chi connectivity index (χ2v) is 2.97. The zero-order chi connectivity index (χ0) is 7.66. The SMILES string of the molecule is CCCCS/C=C/C=NC. The fourth-order valence-electron chi connectivity index (χ4n) is 0.472. The van der Waals surface area contributed by atoms with E-state index in [1.807, 2.05) is 17.8 Å². The van der Waals surface area contributed by atoms with Gasteiger partial charge < -0.3 is 0 Å². The minimum atomic E-state index is 1.23. The Balaban J connectivity index is 3.02. The Bertz CT molecular complexity index is 108. The van der Waals surface area contributed by atoms with Crippen LogP contribution in [0.3, 0.4) is 0 Å². The Labute approximate surface area is 67.6 Å². The molecule has 0 atom stereocenters. The van der Waals surface area contributed by atoms with Crippen molar-refractivity contribution in [1.82, 2.24) is 0 Å². The van der Waals surface area contributed by atoms with Crippen LogP contribution in [0.1, 0.15) is 19.8 Å². The maximum absolute atomic E-state index is 3.83. The van der Waals surface area contributed by atoms with Crippen LogP contribution in [-0.4, -0.2) is 19.0 Å². The Hall–Kier alpha value is -0.240. The number of allylic oxidation sites excluding steroid dienone is 1. The average molecular weight is 157 g/mol. The smallest absolute Gasteiger partial charge is 0.0277 e. The summed E-state index contributed by atoms with van der Waals surface area (Å²) in [5.74, 6) is 1.23. The highest BCUT2D eigenvalue weighted by molar-refractivity contribution is 8.02. The van der Waals surface area contributed by atoms with Crippen molar-refractivity contribution in [2.24, 2.45) is 4.99 Å². The zero-order valence-corrected chi connectivity index (χ0v) is 7.53. The van der Waals surface area contributed by atoms with Crippen LogP contribution in [0.5, 0.6) is 0 Å². The number of aliphatic imine (C=N–C) groups is 1. The molecule has 0 saturated heterocycles. The molecule has 10 heavy (non-hydrogen) atoms. The molecule has 0 aromatic heterocycles. The first-order valence-electron chi connectivity index (χ1n) is 3.60. The third-order valence-corrected chi connectivity index (χ3v) is 1.90. The number of nitrogens with zero attached hydrogens (tertiary/aromatic N) is 1. The van der Waals surface area contributed by atoms with Gasteiger partial charge in [0, 0.05) is 13.3 Å². The third kappa shape index (κ3) is 7.76. The molecule has 58 valence electrons. The van der Waals surface area contributed by atoms with E-state index in [9.17, 15) is 0 Å². The molecule has 0 aliphatic rings. The Morgan fingerprint density at radius 3 is 2.90 bits per heavy atom. The molecular weight excluding hydrogens is 142 g/mol. The molecule has 0 heterocycles. The first-order chi connectivity index (χ1) is 4.91. The molecule has 0 aliphatic heterocycles. The van der Waals surface area contributed by atoms with Crippen molar-refractivity contribution in [2.75, 3.05) is 12.8 Å². The van der Waals surface area contributed by atoms with Gasteiger partial charge in [-0.15, -0.1) is 11.8 Å². The highest BCUT2D eigenvalue weighted by Crippen LogP contribution is 2.04. The predicted octanol–water partition coefficient (Wildman–Crippen LogP) is 2.73. The Morgan fingerprint density at radius 1 is 1.50 bits per heavy atom. The van der Waals surface area contributed by atoms with Crippen molar-refractivity contribution in [1.29, 1.82) is 0 Å². The van der Waals surface area contributed by atoms with Gasteiger partial charge in [0.1, 0.15) is 0 Å². The number of unbranched alkanes of at least 4 members (excludes halogenated alkanes) is 1. The molecule has 0 aromatic rings. The van der Waals surface area contributed by atoms with Crippen molar-refractivity contribution >= 4 is 18.0 Å². The van der Waals surface area contributed by atoms with Crippen molar-refractivity contribution in [3.05, 3.63) is 11.5 Å². The molecule has 1 nitrogen and oxygen atoms in total. The summed E-state index contributed by atoms with van der Waals surface area (Å²) in [7, 11) is 1.78.